The van der Waals surface area contributed by atoms with Gasteiger partial charge < -0.3 is 30.2 Å². The molecular formula is C21H34N4O4. The molecule has 2 rings (SSSR count). The Morgan fingerprint density at radius 2 is 1.93 bits per heavy atom. The van der Waals surface area contributed by atoms with Crippen LogP contribution in [0.25, 0.3) is 0 Å². The first-order chi connectivity index (χ1) is 14.1. The number of rotatable bonds is 13. The summed E-state index contributed by atoms with van der Waals surface area (Å²) in [7, 11) is 1.65. The smallest absolute Gasteiger partial charge is 0.242 e. The molecule has 0 bridgehead atoms. The van der Waals surface area contributed by atoms with Crippen LogP contribution in [0.1, 0.15) is 33.1 Å². The summed E-state index contributed by atoms with van der Waals surface area (Å²) in [4.78, 5) is 16.4. The van der Waals surface area contributed by atoms with E-state index >= 15 is 0 Å². The van der Waals surface area contributed by atoms with Crippen LogP contribution < -0.4 is 20.7 Å². The fourth-order valence-electron chi connectivity index (χ4n) is 2.44. The third-order valence-corrected chi connectivity index (χ3v) is 4.00. The van der Waals surface area contributed by atoms with Crippen molar-refractivity contribution in [3.63, 3.8) is 0 Å². The highest BCUT2D eigenvalue weighted by atomic mass is 16.5. The van der Waals surface area contributed by atoms with Crippen molar-refractivity contribution in [2.45, 2.75) is 45.3 Å². The number of amides is 1. The Morgan fingerprint density at radius 1 is 1.17 bits per heavy atom. The average molecular weight is 407 g/mol. The lowest BCUT2D eigenvalue weighted by atomic mass is 10.3. The first-order valence-electron chi connectivity index (χ1n) is 10.2. The van der Waals surface area contributed by atoms with Crippen molar-refractivity contribution in [1.82, 2.24) is 10.6 Å². The summed E-state index contributed by atoms with van der Waals surface area (Å²) in [5.41, 5.74) is 0.867. The lowest BCUT2D eigenvalue weighted by molar-refractivity contribution is -0.119. The number of carbonyl (C=O) groups is 1. The quantitative estimate of drug-likeness (QED) is 0.264. The molecular weight excluding hydrogens is 372 g/mol. The molecule has 1 saturated carbocycles. The number of hydrogen-bond donors (Lipinski definition) is 3. The molecule has 1 aromatic carbocycles. The predicted molar refractivity (Wildman–Crippen MR) is 115 cm³/mol. The van der Waals surface area contributed by atoms with Gasteiger partial charge in [-0.1, -0.05) is 0 Å². The zero-order valence-electron chi connectivity index (χ0n) is 17.7. The Bertz CT molecular complexity index is 630. The molecule has 1 amide bonds. The molecule has 162 valence electrons. The van der Waals surface area contributed by atoms with Crippen LogP contribution >= 0.6 is 0 Å². The van der Waals surface area contributed by atoms with Crippen LogP contribution in [0, 0.1) is 0 Å². The van der Waals surface area contributed by atoms with Gasteiger partial charge in [0.05, 0.1) is 19.3 Å². The molecule has 0 atom stereocenters. The zero-order chi connectivity index (χ0) is 20.9. The summed E-state index contributed by atoms with van der Waals surface area (Å²) in [6, 6.07) is 7.99. The van der Waals surface area contributed by atoms with Gasteiger partial charge in [-0.15, -0.1) is 0 Å². The van der Waals surface area contributed by atoms with Gasteiger partial charge in [0.2, 0.25) is 5.91 Å². The molecule has 0 aliphatic heterocycles. The highest BCUT2D eigenvalue weighted by molar-refractivity contribution is 5.95. The molecule has 8 heteroatoms. The van der Waals surface area contributed by atoms with Crippen LogP contribution in [0.5, 0.6) is 5.75 Å². The minimum absolute atomic E-state index is 0.0582. The van der Waals surface area contributed by atoms with Crippen LogP contribution in [0.3, 0.4) is 0 Å². The van der Waals surface area contributed by atoms with E-state index in [9.17, 15) is 4.79 Å². The number of carbonyl (C=O) groups excluding carboxylic acids is 1. The van der Waals surface area contributed by atoms with Crippen LogP contribution in [-0.2, 0) is 14.3 Å². The summed E-state index contributed by atoms with van der Waals surface area (Å²) < 4.78 is 16.1. The Balaban J connectivity index is 1.84. The Morgan fingerprint density at radius 3 is 2.59 bits per heavy atom. The van der Waals surface area contributed by atoms with Gasteiger partial charge in [-0.25, -0.2) is 4.99 Å². The molecule has 8 nitrogen and oxygen atoms in total. The van der Waals surface area contributed by atoms with E-state index in [1.165, 1.54) is 0 Å². The summed E-state index contributed by atoms with van der Waals surface area (Å²) in [5.74, 6) is 1.32. The molecule has 3 N–H and O–H groups in total. The fraction of sp³-hybridized carbons (Fsp3) is 0.619. The molecule has 0 radical (unpaired) electrons. The molecule has 0 spiro atoms. The summed E-state index contributed by atoms with van der Waals surface area (Å²) in [5, 5.41) is 9.43. The number of methoxy groups -OCH3 is 1. The van der Waals surface area contributed by atoms with Crippen LogP contribution in [0.2, 0.25) is 0 Å². The van der Waals surface area contributed by atoms with Crippen LogP contribution in [-0.4, -0.2) is 64.0 Å². The maximum atomic E-state index is 12.0. The minimum Gasteiger partial charge on any atom is -0.491 e. The maximum absolute atomic E-state index is 12.0. The van der Waals surface area contributed by atoms with Gasteiger partial charge in [0.15, 0.2) is 5.96 Å². The second kappa shape index (κ2) is 13.0. The van der Waals surface area contributed by atoms with E-state index < -0.39 is 0 Å². The molecule has 0 heterocycles. The summed E-state index contributed by atoms with van der Waals surface area (Å²) in [6.45, 7) is 6.56. The molecule has 0 aromatic heterocycles. The van der Waals surface area contributed by atoms with Gasteiger partial charge in [-0.3, -0.25) is 4.79 Å². The second-order valence-corrected chi connectivity index (χ2v) is 7.21. The van der Waals surface area contributed by atoms with E-state index in [1.54, 1.807) is 7.11 Å². The van der Waals surface area contributed by atoms with Crippen molar-refractivity contribution >= 4 is 17.6 Å². The third-order valence-electron chi connectivity index (χ3n) is 4.00. The lowest BCUT2D eigenvalue weighted by Gasteiger charge is -2.14. The Hall–Kier alpha value is -2.32. The van der Waals surface area contributed by atoms with Crippen LogP contribution in [0.4, 0.5) is 5.69 Å². The topological polar surface area (TPSA) is 93.2 Å². The van der Waals surface area contributed by atoms with E-state index in [2.05, 4.69) is 20.9 Å². The van der Waals surface area contributed by atoms with Gasteiger partial charge in [-0.2, -0.15) is 0 Å². The largest absolute Gasteiger partial charge is 0.491 e. The van der Waals surface area contributed by atoms with E-state index in [4.69, 9.17) is 14.2 Å². The molecule has 0 saturated heterocycles. The SMILES string of the molecule is COCCOCCCNC(=NCC(=O)NC1CC1)Nc1ccc(OC(C)C)cc1. The number of nitrogens with zero attached hydrogens (tertiary/aromatic N) is 1. The van der Waals surface area contributed by atoms with Gasteiger partial charge in [0, 0.05) is 32.0 Å². The predicted octanol–water partition coefficient (Wildman–Crippen LogP) is 2.16. The molecule has 29 heavy (non-hydrogen) atoms. The maximum Gasteiger partial charge on any atom is 0.242 e. The van der Waals surface area contributed by atoms with Crippen molar-refractivity contribution < 1.29 is 19.0 Å². The number of hydrogen-bond acceptors (Lipinski definition) is 5. The van der Waals surface area contributed by atoms with Crippen LogP contribution in [0.15, 0.2) is 29.3 Å². The third kappa shape index (κ3) is 10.7. The molecule has 1 aliphatic carbocycles. The van der Waals surface area contributed by atoms with Crippen molar-refractivity contribution in [2.24, 2.45) is 4.99 Å². The van der Waals surface area contributed by atoms with E-state index in [0.29, 0.717) is 38.4 Å². The fourth-order valence-corrected chi connectivity index (χ4v) is 2.44. The Labute approximate surface area is 173 Å². The second-order valence-electron chi connectivity index (χ2n) is 7.21. The molecule has 1 aromatic rings. The monoisotopic (exact) mass is 406 g/mol. The van der Waals surface area contributed by atoms with E-state index in [-0.39, 0.29) is 18.6 Å². The summed E-state index contributed by atoms with van der Waals surface area (Å²) >= 11 is 0. The number of ether oxygens (including phenoxy) is 3. The zero-order valence-corrected chi connectivity index (χ0v) is 17.7. The minimum atomic E-state index is -0.0582. The number of anilines is 1. The normalized spacial score (nSPS) is 14.0. The van der Waals surface area contributed by atoms with Gasteiger partial charge in [0.25, 0.3) is 0 Å². The molecule has 1 fully saturated rings. The first-order valence-corrected chi connectivity index (χ1v) is 10.2. The van der Waals surface area contributed by atoms with E-state index in [1.807, 2.05) is 38.1 Å². The Kier molecular flexibility index (Phi) is 10.3. The standard InChI is InChI=1S/C21H34N4O4/c1-16(2)29-19-9-7-18(8-10-19)25-21(22-11-4-12-28-14-13-27-3)23-15-20(26)24-17-5-6-17/h7-10,16-17H,4-6,11-15H2,1-3H3,(H,24,26)(H2,22,23,25). The van der Waals surface area contributed by atoms with Crippen molar-refractivity contribution in [1.29, 1.82) is 0 Å². The number of nitrogens with one attached hydrogen (secondary N) is 3. The van der Waals surface area contributed by atoms with Crippen molar-refractivity contribution in [2.75, 3.05) is 45.3 Å². The van der Waals surface area contributed by atoms with Crippen molar-refractivity contribution in [3.05, 3.63) is 24.3 Å². The highest BCUT2D eigenvalue weighted by Gasteiger charge is 2.22. The van der Waals surface area contributed by atoms with E-state index in [0.717, 1.165) is 30.7 Å². The number of aliphatic imine (C=N–C) groups is 1. The number of guanidine groups is 1. The highest BCUT2D eigenvalue weighted by Crippen LogP contribution is 2.18. The van der Waals surface area contributed by atoms with Gasteiger partial charge in [0.1, 0.15) is 12.3 Å². The summed E-state index contributed by atoms with van der Waals surface area (Å²) in [6.07, 6.45) is 3.07. The molecule has 0 unspecified atom stereocenters. The lowest BCUT2D eigenvalue weighted by Crippen LogP contribution is -2.34. The van der Waals surface area contributed by atoms with Gasteiger partial charge >= 0.3 is 0 Å². The molecule has 1 aliphatic rings. The van der Waals surface area contributed by atoms with Crippen molar-refractivity contribution in [3.8, 4) is 5.75 Å². The van der Waals surface area contributed by atoms with Gasteiger partial charge in [-0.05, 0) is 57.4 Å². The first kappa shape index (κ1) is 23.0. The average Bonchev–Trinajstić information content (AvgIpc) is 3.50. The number of benzene rings is 1.